The van der Waals surface area contributed by atoms with Crippen LogP contribution in [-0.4, -0.2) is 20.8 Å². The fourth-order valence-electron chi connectivity index (χ4n) is 1.09. The van der Waals surface area contributed by atoms with Crippen LogP contribution in [0, 0.1) is 5.82 Å². The summed E-state index contributed by atoms with van der Waals surface area (Å²) >= 11 is 0. The topological polar surface area (TPSA) is 43.4 Å². The fourth-order valence-corrected chi connectivity index (χ4v) is 2.16. The molecular weight excluding hydrogens is 219 g/mol. The van der Waals surface area contributed by atoms with Crippen molar-refractivity contribution in [1.82, 2.24) is 0 Å². The van der Waals surface area contributed by atoms with Crippen molar-refractivity contribution < 1.29 is 17.5 Å². The summed E-state index contributed by atoms with van der Waals surface area (Å²) in [7, 11) is -2.08. The monoisotopic (exact) mass is 232 g/mol. The normalized spacial score (nSPS) is 11.8. The molecule has 0 aliphatic carbocycles. The number of halogens is 1. The maximum atomic E-state index is 13.0. The summed E-state index contributed by atoms with van der Waals surface area (Å²) in [6.07, 6.45) is 0. The van der Waals surface area contributed by atoms with Crippen molar-refractivity contribution in [1.29, 1.82) is 0 Å². The highest BCUT2D eigenvalue weighted by atomic mass is 32.2. The standard InChI is InChI=1S/C10H13FO3S/c1-7(2)15(12,13)8-4-5-9(11)10(6-8)14-3/h4-7H,1-3H3. The lowest BCUT2D eigenvalue weighted by atomic mass is 10.3. The summed E-state index contributed by atoms with van der Waals surface area (Å²) in [4.78, 5) is 0.0794. The van der Waals surface area contributed by atoms with Crippen molar-refractivity contribution in [2.75, 3.05) is 7.11 Å². The Labute approximate surface area is 88.8 Å². The molecule has 0 spiro atoms. The maximum absolute atomic E-state index is 13.0. The van der Waals surface area contributed by atoms with Crippen molar-refractivity contribution >= 4 is 9.84 Å². The van der Waals surface area contributed by atoms with Gasteiger partial charge in [0, 0.05) is 6.07 Å². The van der Waals surface area contributed by atoms with Gasteiger partial charge in [-0.1, -0.05) is 0 Å². The summed E-state index contributed by atoms with van der Waals surface area (Å²) in [6, 6.07) is 3.53. The van der Waals surface area contributed by atoms with Crippen LogP contribution in [0.5, 0.6) is 5.75 Å². The maximum Gasteiger partial charge on any atom is 0.180 e. The highest BCUT2D eigenvalue weighted by Gasteiger charge is 2.20. The molecule has 0 heterocycles. The first-order valence-corrected chi connectivity index (χ1v) is 6.01. The van der Waals surface area contributed by atoms with Crippen molar-refractivity contribution in [3.8, 4) is 5.75 Å². The zero-order valence-electron chi connectivity index (χ0n) is 8.82. The van der Waals surface area contributed by atoms with E-state index < -0.39 is 20.9 Å². The van der Waals surface area contributed by atoms with Crippen LogP contribution in [0.15, 0.2) is 23.1 Å². The highest BCUT2D eigenvalue weighted by Crippen LogP contribution is 2.23. The minimum atomic E-state index is -3.37. The number of sulfone groups is 1. The number of hydrogen-bond acceptors (Lipinski definition) is 3. The molecule has 1 rings (SSSR count). The van der Waals surface area contributed by atoms with Gasteiger partial charge in [0.15, 0.2) is 21.4 Å². The Morgan fingerprint density at radius 2 is 1.93 bits per heavy atom. The van der Waals surface area contributed by atoms with Gasteiger partial charge in [-0.05, 0) is 26.0 Å². The molecule has 0 bridgehead atoms. The van der Waals surface area contributed by atoms with E-state index in [0.29, 0.717) is 0 Å². The molecule has 0 fully saturated rings. The van der Waals surface area contributed by atoms with Crippen LogP contribution in [0.3, 0.4) is 0 Å². The summed E-state index contributed by atoms with van der Waals surface area (Å²) in [5, 5.41) is -0.535. The highest BCUT2D eigenvalue weighted by molar-refractivity contribution is 7.92. The Bertz CT molecular complexity index is 452. The lowest BCUT2D eigenvalue weighted by Crippen LogP contribution is -2.14. The number of ether oxygens (including phenoxy) is 1. The number of hydrogen-bond donors (Lipinski definition) is 0. The van der Waals surface area contributed by atoms with Crippen LogP contribution in [0.4, 0.5) is 4.39 Å². The van der Waals surface area contributed by atoms with Gasteiger partial charge in [-0.15, -0.1) is 0 Å². The molecule has 1 aromatic carbocycles. The molecule has 0 N–H and O–H groups in total. The van der Waals surface area contributed by atoms with E-state index in [1.54, 1.807) is 13.8 Å². The van der Waals surface area contributed by atoms with Crippen LogP contribution < -0.4 is 4.74 Å². The van der Waals surface area contributed by atoms with Gasteiger partial charge in [0.05, 0.1) is 17.3 Å². The molecule has 0 unspecified atom stereocenters. The van der Waals surface area contributed by atoms with Gasteiger partial charge >= 0.3 is 0 Å². The van der Waals surface area contributed by atoms with Gasteiger partial charge in [0.25, 0.3) is 0 Å². The predicted octanol–water partition coefficient (Wildman–Crippen LogP) is 2.02. The molecular formula is C10H13FO3S. The number of rotatable bonds is 3. The number of benzene rings is 1. The Hall–Kier alpha value is -1.10. The van der Waals surface area contributed by atoms with Gasteiger partial charge in [-0.2, -0.15) is 0 Å². The largest absolute Gasteiger partial charge is 0.494 e. The van der Waals surface area contributed by atoms with Crippen molar-refractivity contribution in [2.24, 2.45) is 0 Å². The van der Waals surface area contributed by atoms with Gasteiger partial charge in [-0.25, -0.2) is 12.8 Å². The van der Waals surface area contributed by atoms with Crippen LogP contribution in [0.25, 0.3) is 0 Å². The number of methoxy groups -OCH3 is 1. The zero-order valence-corrected chi connectivity index (χ0v) is 9.64. The molecule has 5 heteroatoms. The third-order valence-corrected chi connectivity index (χ3v) is 4.22. The molecule has 0 amide bonds. The first-order valence-electron chi connectivity index (χ1n) is 4.47. The molecule has 15 heavy (non-hydrogen) atoms. The molecule has 3 nitrogen and oxygen atoms in total. The molecule has 0 atom stereocenters. The SMILES string of the molecule is COc1cc(S(=O)(=O)C(C)C)ccc1F. The second-order valence-electron chi connectivity index (χ2n) is 3.39. The van der Waals surface area contributed by atoms with E-state index in [-0.39, 0.29) is 10.6 Å². The Kier molecular flexibility index (Phi) is 3.34. The lowest BCUT2D eigenvalue weighted by molar-refractivity contribution is 0.385. The third-order valence-electron chi connectivity index (χ3n) is 2.07. The molecule has 0 saturated carbocycles. The molecule has 0 aromatic heterocycles. The third kappa shape index (κ3) is 2.28. The van der Waals surface area contributed by atoms with Gasteiger partial charge in [0.1, 0.15) is 0 Å². The molecule has 1 aromatic rings. The second kappa shape index (κ2) is 4.18. The second-order valence-corrected chi connectivity index (χ2v) is 5.89. The van der Waals surface area contributed by atoms with E-state index in [4.69, 9.17) is 4.74 Å². The van der Waals surface area contributed by atoms with Crippen LogP contribution in [-0.2, 0) is 9.84 Å². The summed E-state index contributed by atoms with van der Waals surface area (Å²) in [5.41, 5.74) is 0. The predicted molar refractivity (Wildman–Crippen MR) is 55.3 cm³/mol. The van der Waals surface area contributed by atoms with E-state index in [1.165, 1.54) is 19.2 Å². The van der Waals surface area contributed by atoms with Crippen LogP contribution in [0.1, 0.15) is 13.8 Å². The van der Waals surface area contributed by atoms with E-state index >= 15 is 0 Å². The lowest BCUT2D eigenvalue weighted by Gasteiger charge is -2.09. The first-order chi connectivity index (χ1) is 6.89. The molecule has 84 valence electrons. The van der Waals surface area contributed by atoms with Crippen molar-refractivity contribution in [3.05, 3.63) is 24.0 Å². The van der Waals surface area contributed by atoms with Crippen LogP contribution >= 0.6 is 0 Å². The van der Waals surface area contributed by atoms with Gasteiger partial charge in [0.2, 0.25) is 0 Å². The quantitative estimate of drug-likeness (QED) is 0.749. The molecule has 0 saturated heterocycles. The van der Waals surface area contributed by atoms with Gasteiger partial charge < -0.3 is 4.74 Å². The summed E-state index contributed by atoms with van der Waals surface area (Å²) in [6.45, 7) is 3.15. The van der Waals surface area contributed by atoms with E-state index in [2.05, 4.69) is 0 Å². The Morgan fingerprint density at radius 3 is 2.40 bits per heavy atom. The average Bonchev–Trinajstić information content (AvgIpc) is 2.18. The van der Waals surface area contributed by atoms with Gasteiger partial charge in [-0.3, -0.25) is 0 Å². The van der Waals surface area contributed by atoms with E-state index in [9.17, 15) is 12.8 Å². The first kappa shape index (κ1) is 12.0. The fraction of sp³-hybridized carbons (Fsp3) is 0.400. The zero-order chi connectivity index (χ0) is 11.6. The Balaban J connectivity index is 3.29. The van der Waals surface area contributed by atoms with E-state index in [1.807, 2.05) is 0 Å². The Morgan fingerprint density at radius 1 is 1.33 bits per heavy atom. The minimum absolute atomic E-state index is 0.0586. The summed E-state index contributed by atoms with van der Waals surface area (Å²) in [5.74, 6) is -0.628. The summed E-state index contributed by atoms with van der Waals surface area (Å²) < 4.78 is 41.2. The smallest absolute Gasteiger partial charge is 0.180 e. The minimum Gasteiger partial charge on any atom is -0.494 e. The molecule has 0 aliphatic heterocycles. The molecule has 0 radical (unpaired) electrons. The van der Waals surface area contributed by atoms with E-state index in [0.717, 1.165) is 6.07 Å². The van der Waals surface area contributed by atoms with Crippen LogP contribution in [0.2, 0.25) is 0 Å². The van der Waals surface area contributed by atoms with Crippen molar-refractivity contribution in [2.45, 2.75) is 24.0 Å². The van der Waals surface area contributed by atoms with Crippen molar-refractivity contribution in [3.63, 3.8) is 0 Å². The molecule has 0 aliphatic rings. The average molecular weight is 232 g/mol.